The molecule has 0 saturated heterocycles. The van der Waals surface area contributed by atoms with Crippen molar-refractivity contribution in [3.63, 3.8) is 0 Å². The van der Waals surface area contributed by atoms with Gasteiger partial charge >= 0.3 is 0 Å². The summed E-state index contributed by atoms with van der Waals surface area (Å²) in [5, 5.41) is 0. The zero-order valence-electron chi connectivity index (χ0n) is 10.2. The fourth-order valence-electron chi connectivity index (χ4n) is 2.44. The average Bonchev–Trinajstić information content (AvgIpc) is 2.67. The first-order valence-corrected chi connectivity index (χ1v) is 6.17. The zero-order valence-corrected chi connectivity index (χ0v) is 10.2. The highest BCUT2D eigenvalue weighted by Gasteiger charge is 2.37. The molecule has 0 bridgehead atoms. The van der Waals surface area contributed by atoms with Crippen molar-refractivity contribution in [3.8, 4) is 0 Å². The molecule has 96 valence electrons. The number of carbonyl (C=O) groups excluding carboxylic acids is 2. The van der Waals surface area contributed by atoms with Gasteiger partial charge in [-0.25, -0.2) is 4.39 Å². The minimum atomic E-state index is -0.485. The average molecular weight is 257 g/mol. The molecule has 3 nitrogen and oxygen atoms in total. The number of hydrogen-bond donors (Lipinski definition) is 0. The highest BCUT2D eigenvalue weighted by atomic mass is 19.1. The smallest absolute Gasteiger partial charge is 0.299 e. The van der Waals surface area contributed by atoms with Gasteiger partial charge in [0.05, 0.1) is 6.54 Å². The van der Waals surface area contributed by atoms with Crippen LogP contribution in [0.5, 0.6) is 0 Å². The van der Waals surface area contributed by atoms with E-state index < -0.39 is 11.7 Å². The van der Waals surface area contributed by atoms with Crippen molar-refractivity contribution >= 4 is 11.7 Å². The number of amides is 1. The molecule has 0 radical (unpaired) electrons. The van der Waals surface area contributed by atoms with Crippen LogP contribution in [0.15, 0.2) is 47.7 Å². The van der Waals surface area contributed by atoms with Crippen molar-refractivity contribution in [2.45, 2.75) is 19.4 Å². The monoisotopic (exact) mass is 257 g/mol. The molecule has 0 atom stereocenters. The van der Waals surface area contributed by atoms with Crippen molar-refractivity contribution in [1.29, 1.82) is 0 Å². The molecule has 0 unspecified atom stereocenters. The SMILES string of the molecule is O=C1C(=O)N(Cc2ccc(F)cc2)C2=C1C=CCC2. The summed E-state index contributed by atoms with van der Waals surface area (Å²) in [4.78, 5) is 25.3. The second kappa shape index (κ2) is 4.46. The van der Waals surface area contributed by atoms with E-state index in [2.05, 4.69) is 0 Å². The van der Waals surface area contributed by atoms with Crippen molar-refractivity contribution in [1.82, 2.24) is 4.90 Å². The predicted octanol–water partition coefficient (Wildman–Crippen LogP) is 2.34. The Labute approximate surface area is 110 Å². The second-order valence-corrected chi connectivity index (χ2v) is 4.65. The first-order chi connectivity index (χ1) is 9.16. The Balaban J connectivity index is 1.90. The van der Waals surface area contributed by atoms with Crippen LogP contribution in [-0.4, -0.2) is 16.6 Å². The van der Waals surface area contributed by atoms with Gasteiger partial charge in [0.25, 0.3) is 11.7 Å². The van der Waals surface area contributed by atoms with Crippen LogP contribution < -0.4 is 0 Å². The molecule has 1 aliphatic heterocycles. The molecule has 1 amide bonds. The summed E-state index contributed by atoms with van der Waals surface area (Å²) in [6.07, 6.45) is 5.17. The highest BCUT2D eigenvalue weighted by molar-refractivity contribution is 6.46. The Bertz CT molecular complexity index is 614. The quantitative estimate of drug-likeness (QED) is 0.763. The molecule has 1 aromatic rings. The van der Waals surface area contributed by atoms with Crippen molar-refractivity contribution in [2.75, 3.05) is 0 Å². The van der Waals surface area contributed by atoms with Gasteiger partial charge in [0, 0.05) is 11.3 Å². The van der Waals surface area contributed by atoms with Crippen molar-refractivity contribution in [2.24, 2.45) is 0 Å². The highest BCUT2D eigenvalue weighted by Crippen LogP contribution is 2.31. The molecule has 4 heteroatoms. The maximum Gasteiger partial charge on any atom is 0.299 e. The second-order valence-electron chi connectivity index (χ2n) is 4.65. The number of nitrogens with zero attached hydrogens (tertiary/aromatic N) is 1. The lowest BCUT2D eigenvalue weighted by atomic mass is 10.0. The van der Waals surface area contributed by atoms with Gasteiger partial charge < -0.3 is 4.90 Å². The predicted molar refractivity (Wildman–Crippen MR) is 67.4 cm³/mol. The molecule has 1 heterocycles. The molecule has 0 aromatic heterocycles. The van der Waals surface area contributed by atoms with E-state index in [1.54, 1.807) is 18.2 Å². The van der Waals surface area contributed by atoms with Gasteiger partial charge in [0.2, 0.25) is 0 Å². The van der Waals surface area contributed by atoms with E-state index in [1.165, 1.54) is 17.0 Å². The molecule has 0 fully saturated rings. The third-order valence-corrected chi connectivity index (χ3v) is 3.41. The lowest BCUT2D eigenvalue weighted by Gasteiger charge is -2.20. The van der Waals surface area contributed by atoms with Crippen molar-refractivity contribution < 1.29 is 14.0 Å². The molecule has 3 rings (SSSR count). The Kier molecular flexibility index (Phi) is 2.78. The van der Waals surface area contributed by atoms with Crippen LogP contribution in [0.4, 0.5) is 4.39 Å². The third kappa shape index (κ3) is 1.99. The molecule has 2 aliphatic rings. The number of allylic oxidation sites excluding steroid dienone is 3. The molecule has 0 spiro atoms. The van der Waals surface area contributed by atoms with Gasteiger partial charge in [0.1, 0.15) is 5.82 Å². The van der Waals surface area contributed by atoms with E-state index in [0.29, 0.717) is 18.5 Å². The summed E-state index contributed by atoms with van der Waals surface area (Å²) >= 11 is 0. The van der Waals surface area contributed by atoms with E-state index >= 15 is 0 Å². The Morgan fingerprint density at radius 2 is 1.89 bits per heavy atom. The maximum atomic E-state index is 12.9. The fraction of sp³-hybridized carbons (Fsp3) is 0.200. The van der Waals surface area contributed by atoms with Gasteiger partial charge in [-0.1, -0.05) is 24.3 Å². The normalized spacial score (nSPS) is 18.3. The molecule has 0 saturated carbocycles. The fourth-order valence-corrected chi connectivity index (χ4v) is 2.44. The topological polar surface area (TPSA) is 37.4 Å². The van der Waals surface area contributed by atoms with Crippen LogP contribution in [0.2, 0.25) is 0 Å². The lowest BCUT2D eigenvalue weighted by Crippen LogP contribution is -2.28. The number of Topliss-reactive ketones (excluding diaryl/α,β-unsaturated/α-hetero) is 1. The summed E-state index contributed by atoms with van der Waals surface area (Å²) in [6, 6.07) is 5.97. The minimum absolute atomic E-state index is 0.312. The van der Waals surface area contributed by atoms with E-state index in [1.807, 2.05) is 6.08 Å². The van der Waals surface area contributed by atoms with Crippen molar-refractivity contribution in [3.05, 3.63) is 59.1 Å². The van der Waals surface area contributed by atoms with Crippen LogP contribution in [0.1, 0.15) is 18.4 Å². The molecular formula is C15H12FNO2. The summed E-state index contributed by atoms with van der Waals surface area (Å²) in [7, 11) is 0. The van der Waals surface area contributed by atoms with Gasteiger partial charge in [-0.05, 0) is 30.5 Å². The summed E-state index contributed by atoms with van der Waals surface area (Å²) in [5.74, 6) is -1.23. The largest absolute Gasteiger partial charge is 0.304 e. The van der Waals surface area contributed by atoms with Crippen LogP contribution in [-0.2, 0) is 16.1 Å². The van der Waals surface area contributed by atoms with E-state index in [4.69, 9.17) is 0 Å². The van der Waals surface area contributed by atoms with Crippen LogP contribution in [0, 0.1) is 5.82 Å². The molecule has 1 aromatic carbocycles. The van der Waals surface area contributed by atoms with Crippen LogP contribution in [0.3, 0.4) is 0 Å². The van der Waals surface area contributed by atoms with Gasteiger partial charge in [-0.3, -0.25) is 9.59 Å². The van der Waals surface area contributed by atoms with Gasteiger partial charge in [0.15, 0.2) is 0 Å². The molecule has 1 aliphatic carbocycles. The van der Waals surface area contributed by atoms with E-state index in [9.17, 15) is 14.0 Å². The lowest BCUT2D eigenvalue weighted by molar-refractivity contribution is -0.139. The van der Waals surface area contributed by atoms with E-state index in [0.717, 1.165) is 17.7 Å². The van der Waals surface area contributed by atoms with Gasteiger partial charge in [-0.2, -0.15) is 0 Å². The first-order valence-electron chi connectivity index (χ1n) is 6.17. The molecule has 19 heavy (non-hydrogen) atoms. The number of carbonyl (C=O) groups is 2. The number of benzene rings is 1. The third-order valence-electron chi connectivity index (χ3n) is 3.41. The standard InChI is InChI=1S/C15H12FNO2/c16-11-7-5-10(6-8-11)9-17-13-4-2-1-3-12(13)14(18)15(17)19/h1,3,5-8H,2,4,9H2. The Morgan fingerprint density at radius 3 is 2.63 bits per heavy atom. The van der Waals surface area contributed by atoms with E-state index in [-0.39, 0.29) is 5.82 Å². The molecular weight excluding hydrogens is 245 g/mol. The Morgan fingerprint density at radius 1 is 1.16 bits per heavy atom. The maximum absolute atomic E-state index is 12.9. The Hall–Kier alpha value is -2.23. The summed E-state index contributed by atoms with van der Waals surface area (Å²) in [6.45, 7) is 0.317. The summed E-state index contributed by atoms with van der Waals surface area (Å²) in [5.41, 5.74) is 2.12. The number of ketones is 1. The van der Waals surface area contributed by atoms with Crippen LogP contribution in [0.25, 0.3) is 0 Å². The number of halogens is 1. The number of rotatable bonds is 2. The van der Waals surface area contributed by atoms with Crippen LogP contribution >= 0.6 is 0 Å². The zero-order chi connectivity index (χ0) is 13.4. The summed E-state index contributed by atoms with van der Waals surface area (Å²) < 4.78 is 12.9. The molecule has 0 N–H and O–H groups in total. The first kappa shape index (κ1) is 11.8. The minimum Gasteiger partial charge on any atom is -0.304 e. The number of hydrogen-bond acceptors (Lipinski definition) is 2. The van der Waals surface area contributed by atoms with Gasteiger partial charge in [-0.15, -0.1) is 0 Å².